The highest BCUT2D eigenvalue weighted by molar-refractivity contribution is 7.89. The van der Waals surface area contributed by atoms with Gasteiger partial charge in [0.05, 0.1) is 9.82 Å². The van der Waals surface area contributed by atoms with Crippen LogP contribution in [0.25, 0.3) is 0 Å². The number of nitro groups is 1. The van der Waals surface area contributed by atoms with Gasteiger partial charge in [0, 0.05) is 12.1 Å². The van der Waals surface area contributed by atoms with Gasteiger partial charge in [0.15, 0.2) is 0 Å². The molecule has 0 spiro atoms. The zero-order chi connectivity index (χ0) is 15.7. The first-order valence-corrected chi connectivity index (χ1v) is 7.55. The van der Waals surface area contributed by atoms with Crippen LogP contribution in [0.3, 0.4) is 0 Å². The smallest absolute Gasteiger partial charge is 0.293 e. The third-order valence-electron chi connectivity index (χ3n) is 3.17. The van der Waals surface area contributed by atoms with E-state index in [1.165, 1.54) is 12.1 Å². The fourth-order valence-corrected chi connectivity index (χ4v) is 1.94. The van der Waals surface area contributed by atoms with E-state index in [1.807, 2.05) is 27.7 Å². The third-order valence-corrected chi connectivity index (χ3v) is 4.08. The molecule has 3 N–H and O–H groups in total. The van der Waals surface area contributed by atoms with Gasteiger partial charge in [-0.1, -0.05) is 20.8 Å². The maximum Gasteiger partial charge on any atom is 0.293 e. The average molecular weight is 301 g/mol. The van der Waals surface area contributed by atoms with Crippen molar-refractivity contribution in [1.82, 2.24) is 0 Å². The zero-order valence-corrected chi connectivity index (χ0v) is 12.7. The molecule has 1 aromatic carbocycles. The van der Waals surface area contributed by atoms with Crippen molar-refractivity contribution in [2.75, 3.05) is 5.32 Å². The molecule has 0 saturated heterocycles. The normalized spacial score (nSPS) is 13.8. The van der Waals surface area contributed by atoms with Crippen LogP contribution >= 0.6 is 0 Å². The van der Waals surface area contributed by atoms with Gasteiger partial charge in [-0.3, -0.25) is 10.1 Å². The summed E-state index contributed by atoms with van der Waals surface area (Å²) in [6, 6.07) is 3.54. The summed E-state index contributed by atoms with van der Waals surface area (Å²) in [5.41, 5.74) is -0.149. The van der Waals surface area contributed by atoms with Crippen molar-refractivity contribution in [3.8, 4) is 0 Å². The Morgan fingerprint density at radius 2 is 1.90 bits per heavy atom. The number of nitrogens with zero attached hydrogens (tertiary/aromatic N) is 1. The molecule has 1 aromatic rings. The summed E-state index contributed by atoms with van der Waals surface area (Å²) in [6.07, 6.45) is 0. The molecule has 1 unspecified atom stereocenters. The molecule has 1 atom stereocenters. The van der Waals surface area contributed by atoms with Gasteiger partial charge in [0.1, 0.15) is 5.69 Å². The van der Waals surface area contributed by atoms with Crippen molar-refractivity contribution < 1.29 is 13.3 Å². The van der Waals surface area contributed by atoms with Crippen LogP contribution in [0.5, 0.6) is 0 Å². The second-order valence-corrected chi connectivity index (χ2v) is 7.27. The van der Waals surface area contributed by atoms with Gasteiger partial charge in [0.2, 0.25) is 10.0 Å². The number of nitrogens with one attached hydrogen (secondary N) is 1. The quantitative estimate of drug-likeness (QED) is 0.652. The van der Waals surface area contributed by atoms with Gasteiger partial charge in [0.25, 0.3) is 5.69 Å². The van der Waals surface area contributed by atoms with E-state index in [4.69, 9.17) is 5.14 Å². The predicted molar refractivity (Wildman–Crippen MR) is 77.0 cm³/mol. The Hall–Kier alpha value is -1.67. The van der Waals surface area contributed by atoms with E-state index < -0.39 is 14.9 Å². The molecule has 8 heteroatoms. The minimum Gasteiger partial charge on any atom is -0.377 e. The first-order valence-electron chi connectivity index (χ1n) is 6.00. The Bertz CT molecular complexity index is 620. The number of primary sulfonamides is 1. The third kappa shape index (κ3) is 3.91. The van der Waals surface area contributed by atoms with Gasteiger partial charge in [-0.15, -0.1) is 0 Å². The summed E-state index contributed by atoms with van der Waals surface area (Å²) in [7, 11) is -3.96. The van der Waals surface area contributed by atoms with E-state index in [1.54, 1.807) is 0 Å². The number of nitro benzene ring substituents is 1. The fourth-order valence-electron chi connectivity index (χ4n) is 1.41. The first kappa shape index (κ1) is 16.4. The second-order valence-electron chi connectivity index (χ2n) is 5.71. The summed E-state index contributed by atoms with van der Waals surface area (Å²) in [4.78, 5) is 10.1. The summed E-state index contributed by atoms with van der Waals surface area (Å²) < 4.78 is 22.5. The summed E-state index contributed by atoms with van der Waals surface area (Å²) in [5, 5.41) is 19.1. The Kier molecular flexibility index (Phi) is 4.40. The SMILES string of the molecule is CC(Nc1ccc(S(N)(=O)=O)cc1[N+](=O)[O-])C(C)(C)C. The van der Waals surface area contributed by atoms with Gasteiger partial charge in [-0.2, -0.15) is 0 Å². The van der Waals surface area contributed by atoms with Gasteiger partial charge >= 0.3 is 0 Å². The summed E-state index contributed by atoms with van der Waals surface area (Å²) >= 11 is 0. The lowest BCUT2D eigenvalue weighted by Gasteiger charge is -2.28. The monoisotopic (exact) mass is 301 g/mol. The molecule has 0 aromatic heterocycles. The number of hydrogen-bond acceptors (Lipinski definition) is 5. The standard InChI is InChI=1S/C12H19N3O4S/c1-8(12(2,3)4)14-10-6-5-9(20(13,18)19)7-11(10)15(16)17/h5-8,14H,1-4H3,(H2,13,18,19). The number of rotatable bonds is 4. The fraction of sp³-hybridized carbons (Fsp3) is 0.500. The lowest BCUT2D eigenvalue weighted by molar-refractivity contribution is -0.384. The van der Waals surface area contributed by atoms with Gasteiger partial charge in [-0.05, 0) is 24.5 Å². The van der Waals surface area contributed by atoms with Crippen LogP contribution in [0.2, 0.25) is 0 Å². The average Bonchev–Trinajstić information content (AvgIpc) is 2.26. The molecular weight excluding hydrogens is 282 g/mol. The molecule has 1 rings (SSSR count). The van der Waals surface area contributed by atoms with Crippen molar-refractivity contribution in [2.24, 2.45) is 10.6 Å². The minimum absolute atomic E-state index is 0.0402. The molecule has 0 heterocycles. The molecule has 0 aliphatic carbocycles. The number of hydrogen-bond donors (Lipinski definition) is 2. The van der Waals surface area contributed by atoms with E-state index in [0.717, 1.165) is 6.07 Å². The van der Waals surface area contributed by atoms with Crippen LogP contribution in [0.4, 0.5) is 11.4 Å². The Morgan fingerprint density at radius 1 is 1.35 bits per heavy atom. The number of anilines is 1. The van der Waals surface area contributed by atoms with Crippen molar-refractivity contribution in [3.05, 3.63) is 28.3 Å². The Balaban J connectivity index is 3.25. The van der Waals surface area contributed by atoms with E-state index in [0.29, 0.717) is 0 Å². The van der Waals surface area contributed by atoms with Crippen LogP contribution in [-0.2, 0) is 10.0 Å². The highest BCUT2D eigenvalue weighted by atomic mass is 32.2. The molecule has 0 saturated carbocycles. The topological polar surface area (TPSA) is 115 Å². The molecule has 20 heavy (non-hydrogen) atoms. The van der Waals surface area contributed by atoms with Crippen LogP contribution in [0.1, 0.15) is 27.7 Å². The van der Waals surface area contributed by atoms with Crippen LogP contribution in [0, 0.1) is 15.5 Å². The van der Waals surface area contributed by atoms with Crippen LogP contribution in [0.15, 0.2) is 23.1 Å². The van der Waals surface area contributed by atoms with E-state index in [2.05, 4.69) is 5.32 Å². The Morgan fingerprint density at radius 3 is 2.30 bits per heavy atom. The molecule has 0 radical (unpaired) electrons. The minimum atomic E-state index is -3.96. The number of sulfonamides is 1. The van der Waals surface area contributed by atoms with Crippen molar-refractivity contribution >= 4 is 21.4 Å². The van der Waals surface area contributed by atoms with E-state index in [9.17, 15) is 18.5 Å². The van der Waals surface area contributed by atoms with Crippen molar-refractivity contribution in [2.45, 2.75) is 38.6 Å². The summed E-state index contributed by atoms with van der Waals surface area (Å²) in [6.45, 7) is 7.89. The molecule has 0 bridgehead atoms. The summed E-state index contributed by atoms with van der Waals surface area (Å²) in [5.74, 6) is 0. The largest absolute Gasteiger partial charge is 0.377 e. The van der Waals surface area contributed by atoms with Crippen LogP contribution in [-0.4, -0.2) is 19.4 Å². The lowest BCUT2D eigenvalue weighted by atomic mass is 9.88. The molecule has 112 valence electrons. The Labute approximate surface area is 118 Å². The highest BCUT2D eigenvalue weighted by Crippen LogP contribution is 2.30. The molecule has 0 aliphatic heterocycles. The zero-order valence-electron chi connectivity index (χ0n) is 11.9. The van der Waals surface area contributed by atoms with Crippen LogP contribution < -0.4 is 10.5 Å². The maximum atomic E-state index is 11.2. The van der Waals surface area contributed by atoms with Gasteiger partial charge in [-0.25, -0.2) is 13.6 Å². The maximum absolute atomic E-state index is 11.2. The number of nitrogens with two attached hydrogens (primary N) is 1. The van der Waals surface area contributed by atoms with Crippen molar-refractivity contribution in [3.63, 3.8) is 0 Å². The molecule has 7 nitrogen and oxygen atoms in total. The van der Waals surface area contributed by atoms with E-state index in [-0.39, 0.29) is 27.7 Å². The molecule has 0 fully saturated rings. The molecular formula is C12H19N3O4S. The van der Waals surface area contributed by atoms with Gasteiger partial charge < -0.3 is 5.32 Å². The number of benzene rings is 1. The lowest BCUT2D eigenvalue weighted by Crippen LogP contribution is -2.31. The first-order chi connectivity index (χ1) is 8.93. The van der Waals surface area contributed by atoms with Crippen molar-refractivity contribution in [1.29, 1.82) is 0 Å². The predicted octanol–water partition coefficient (Wildman–Crippen LogP) is 2.09. The molecule has 0 aliphatic rings. The second kappa shape index (κ2) is 5.37. The highest BCUT2D eigenvalue weighted by Gasteiger charge is 2.24. The molecule has 0 amide bonds. The van der Waals surface area contributed by atoms with E-state index >= 15 is 0 Å².